The lowest BCUT2D eigenvalue weighted by Crippen LogP contribution is -2.25. The number of esters is 1. The van der Waals surface area contributed by atoms with E-state index in [2.05, 4.69) is 15.9 Å². The van der Waals surface area contributed by atoms with Crippen LogP contribution in [0.25, 0.3) is 0 Å². The van der Waals surface area contributed by atoms with E-state index in [9.17, 15) is 10.1 Å². The van der Waals surface area contributed by atoms with Gasteiger partial charge in [-0.1, -0.05) is 11.6 Å². The molecule has 1 heterocycles. The number of nitrogens with zero attached hydrogens (tertiary/aromatic N) is 1. The minimum Gasteiger partial charge on any atom is -0.494 e. The summed E-state index contributed by atoms with van der Waals surface area (Å²) < 4.78 is 16.3. The van der Waals surface area contributed by atoms with Gasteiger partial charge in [-0.05, 0) is 47.5 Å². The lowest BCUT2D eigenvalue weighted by Gasteiger charge is -2.27. The molecule has 1 atom stereocenters. The van der Waals surface area contributed by atoms with Crippen molar-refractivity contribution in [2.75, 3.05) is 13.7 Å². The van der Waals surface area contributed by atoms with Gasteiger partial charge in [-0.3, -0.25) is 0 Å². The monoisotopic (exact) mass is 426 g/mol. The van der Waals surface area contributed by atoms with Crippen LogP contribution in [0.3, 0.4) is 0 Å². The van der Waals surface area contributed by atoms with E-state index in [0.717, 1.165) is 0 Å². The van der Waals surface area contributed by atoms with Crippen LogP contribution in [0.4, 0.5) is 0 Å². The van der Waals surface area contributed by atoms with Gasteiger partial charge >= 0.3 is 5.97 Å². The number of allylic oxidation sites excluding steroid dienone is 2. The maximum absolute atomic E-state index is 12.5. The van der Waals surface area contributed by atoms with Gasteiger partial charge in [-0.2, -0.15) is 5.26 Å². The molecule has 6 nitrogen and oxygen atoms in total. The van der Waals surface area contributed by atoms with Crippen molar-refractivity contribution in [1.29, 1.82) is 5.26 Å². The predicted octanol–water partition coefficient (Wildman–Crippen LogP) is 3.76. The van der Waals surface area contributed by atoms with Crippen LogP contribution in [0.15, 0.2) is 39.4 Å². The summed E-state index contributed by atoms with van der Waals surface area (Å²) in [5.74, 6) is -0.652. The third-order valence-corrected chi connectivity index (χ3v) is 4.53. The fourth-order valence-electron chi connectivity index (χ4n) is 2.63. The zero-order valence-electron chi connectivity index (χ0n) is 13.9. The van der Waals surface area contributed by atoms with Crippen LogP contribution in [0.1, 0.15) is 25.3 Å². The summed E-state index contributed by atoms with van der Waals surface area (Å²) in [6.07, 6.45) is 0. The minimum absolute atomic E-state index is 0.0545. The van der Waals surface area contributed by atoms with Crippen molar-refractivity contribution >= 4 is 33.5 Å². The van der Waals surface area contributed by atoms with E-state index in [-0.39, 0.29) is 29.4 Å². The maximum atomic E-state index is 12.5. The normalized spacial score (nSPS) is 17.0. The molecule has 0 aromatic heterocycles. The molecule has 1 aromatic carbocycles. The van der Waals surface area contributed by atoms with Gasteiger partial charge in [0, 0.05) is 0 Å². The van der Waals surface area contributed by atoms with E-state index < -0.39 is 11.9 Å². The van der Waals surface area contributed by atoms with Gasteiger partial charge in [0.1, 0.15) is 17.4 Å². The van der Waals surface area contributed by atoms with Crippen molar-refractivity contribution in [3.05, 3.63) is 50.0 Å². The predicted molar refractivity (Wildman–Crippen MR) is 95.7 cm³/mol. The first-order chi connectivity index (χ1) is 11.8. The van der Waals surface area contributed by atoms with Crippen LogP contribution < -0.4 is 10.5 Å². The molecule has 0 spiro atoms. The molecule has 0 aliphatic carbocycles. The Labute approximate surface area is 158 Å². The lowest BCUT2D eigenvalue weighted by atomic mass is 9.83. The van der Waals surface area contributed by atoms with Crippen molar-refractivity contribution in [3.8, 4) is 11.8 Å². The second-order valence-corrected chi connectivity index (χ2v) is 6.39. The number of nitrogens with two attached hydrogens (primary N) is 1. The number of halogens is 2. The molecule has 0 saturated heterocycles. The van der Waals surface area contributed by atoms with Gasteiger partial charge in [0.25, 0.3) is 0 Å². The highest BCUT2D eigenvalue weighted by molar-refractivity contribution is 9.10. The van der Waals surface area contributed by atoms with Crippen LogP contribution in [-0.2, 0) is 14.3 Å². The fourth-order valence-corrected chi connectivity index (χ4v) is 3.69. The quantitative estimate of drug-likeness (QED) is 0.735. The Kier molecular flexibility index (Phi) is 5.98. The summed E-state index contributed by atoms with van der Waals surface area (Å²) in [4.78, 5) is 12.5. The number of methoxy groups -OCH3 is 1. The molecule has 0 bridgehead atoms. The van der Waals surface area contributed by atoms with E-state index in [1.54, 1.807) is 26.0 Å². The molecule has 2 N–H and O–H groups in total. The molecule has 2 rings (SSSR count). The summed E-state index contributed by atoms with van der Waals surface area (Å²) in [7, 11) is 1.49. The standard InChI is InChI=1S/C17H16BrClN2O4/c1-4-24-17(22)13-8(2)25-16(21)10(7-20)14(13)9-5-11(18)15(23-3)12(19)6-9/h5-6,14H,4,21H2,1-3H3. The van der Waals surface area contributed by atoms with Crippen molar-refractivity contribution < 1.29 is 19.0 Å². The topological polar surface area (TPSA) is 94.6 Å². The Morgan fingerprint density at radius 2 is 2.20 bits per heavy atom. The maximum Gasteiger partial charge on any atom is 0.338 e. The number of hydrogen-bond acceptors (Lipinski definition) is 6. The van der Waals surface area contributed by atoms with Gasteiger partial charge in [0.15, 0.2) is 5.75 Å². The second-order valence-electron chi connectivity index (χ2n) is 5.13. The Balaban J connectivity index is 2.69. The number of carbonyl (C=O) groups excluding carboxylic acids is 1. The number of nitriles is 1. The first kappa shape index (κ1) is 19.2. The Morgan fingerprint density at radius 3 is 2.72 bits per heavy atom. The third-order valence-electron chi connectivity index (χ3n) is 3.66. The third kappa shape index (κ3) is 3.60. The summed E-state index contributed by atoms with van der Waals surface area (Å²) in [6, 6.07) is 5.36. The van der Waals surface area contributed by atoms with E-state index in [1.807, 2.05) is 6.07 Å². The number of ether oxygens (including phenoxy) is 3. The van der Waals surface area contributed by atoms with Gasteiger partial charge in [-0.25, -0.2) is 4.79 Å². The largest absolute Gasteiger partial charge is 0.494 e. The number of benzene rings is 1. The number of carbonyl (C=O) groups is 1. The van der Waals surface area contributed by atoms with E-state index in [1.165, 1.54) is 7.11 Å². The highest BCUT2D eigenvalue weighted by Gasteiger charge is 2.36. The highest BCUT2D eigenvalue weighted by Crippen LogP contribution is 2.43. The molecule has 8 heteroatoms. The van der Waals surface area contributed by atoms with Gasteiger partial charge in [0.05, 0.1) is 34.7 Å². The summed E-state index contributed by atoms with van der Waals surface area (Å²) >= 11 is 9.64. The average Bonchev–Trinajstić information content (AvgIpc) is 2.53. The molecular weight excluding hydrogens is 412 g/mol. The van der Waals surface area contributed by atoms with E-state index in [0.29, 0.717) is 20.8 Å². The molecule has 0 radical (unpaired) electrons. The SMILES string of the molecule is CCOC(=O)C1=C(C)OC(N)=C(C#N)C1c1cc(Cl)c(OC)c(Br)c1. The zero-order chi connectivity index (χ0) is 18.7. The van der Waals surface area contributed by atoms with Crippen LogP contribution in [-0.4, -0.2) is 19.7 Å². The first-order valence-electron chi connectivity index (χ1n) is 7.34. The molecule has 1 aromatic rings. The van der Waals surface area contributed by atoms with Crippen LogP contribution in [0.2, 0.25) is 5.02 Å². The number of rotatable bonds is 4. The molecule has 0 fully saturated rings. The Morgan fingerprint density at radius 1 is 1.52 bits per heavy atom. The Bertz CT molecular complexity index is 803. The van der Waals surface area contributed by atoms with Gasteiger partial charge in [-0.15, -0.1) is 0 Å². The molecule has 1 unspecified atom stereocenters. The minimum atomic E-state index is -0.752. The summed E-state index contributed by atoms with van der Waals surface area (Å²) in [5.41, 5.74) is 6.76. The fraction of sp³-hybridized carbons (Fsp3) is 0.294. The molecule has 0 amide bonds. The summed E-state index contributed by atoms with van der Waals surface area (Å²) in [6.45, 7) is 3.49. The smallest absolute Gasteiger partial charge is 0.338 e. The van der Waals surface area contributed by atoms with Crippen molar-refractivity contribution in [2.45, 2.75) is 19.8 Å². The van der Waals surface area contributed by atoms with E-state index >= 15 is 0 Å². The zero-order valence-corrected chi connectivity index (χ0v) is 16.2. The van der Waals surface area contributed by atoms with Gasteiger partial charge in [0.2, 0.25) is 5.88 Å². The lowest BCUT2D eigenvalue weighted by molar-refractivity contribution is -0.139. The van der Waals surface area contributed by atoms with Crippen LogP contribution in [0, 0.1) is 11.3 Å². The van der Waals surface area contributed by atoms with Crippen LogP contribution in [0.5, 0.6) is 5.75 Å². The molecule has 1 aliphatic heterocycles. The van der Waals surface area contributed by atoms with E-state index in [4.69, 9.17) is 31.5 Å². The van der Waals surface area contributed by atoms with Gasteiger partial charge < -0.3 is 19.9 Å². The molecule has 1 aliphatic rings. The summed E-state index contributed by atoms with van der Waals surface area (Å²) in [5, 5.41) is 9.87. The molecular formula is C17H16BrClN2O4. The highest BCUT2D eigenvalue weighted by atomic mass is 79.9. The average molecular weight is 428 g/mol. The molecule has 0 saturated carbocycles. The Hall–Kier alpha value is -2.17. The van der Waals surface area contributed by atoms with Crippen LogP contribution >= 0.6 is 27.5 Å². The molecule has 25 heavy (non-hydrogen) atoms. The first-order valence-corrected chi connectivity index (χ1v) is 8.51. The second kappa shape index (κ2) is 7.81. The van der Waals surface area contributed by atoms with Crippen molar-refractivity contribution in [3.63, 3.8) is 0 Å². The molecule has 132 valence electrons. The number of hydrogen-bond donors (Lipinski definition) is 1. The van der Waals surface area contributed by atoms with Crippen molar-refractivity contribution in [1.82, 2.24) is 0 Å². The van der Waals surface area contributed by atoms with Crippen molar-refractivity contribution in [2.24, 2.45) is 5.73 Å².